The molecule has 10 heteroatoms. The van der Waals surface area contributed by atoms with Gasteiger partial charge in [-0.2, -0.15) is 18.3 Å². The first kappa shape index (κ1) is 23.9. The molecule has 34 heavy (non-hydrogen) atoms. The molecule has 0 unspecified atom stereocenters. The number of hydrogen-bond donors (Lipinski definition) is 2. The van der Waals surface area contributed by atoms with Crippen LogP contribution >= 0.6 is 0 Å². The molecule has 180 valence electrons. The molecule has 1 saturated carbocycles. The number of aldehydes is 1. The van der Waals surface area contributed by atoms with Gasteiger partial charge in [0.2, 0.25) is 0 Å². The molecule has 0 saturated heterocycles. The van der Waals surface area contributed by atoms with E-state index >= 15 is 0 Å². The molecule has 2 heterocycles. The van der Waals surface area contributed by atoms with E-state index in [1.54, 1.807) is 12.1 Å². The summed E-state index contributed by atoms with van der Waals surface area (Å²) in [7, 11) is 0. The Labute approximate surface area is 193 Å². The largest absolute Gasteiger partial charge is 0.433 e. The zero-order chi connectivity index (χ0) is 24.8. The normalized spacial score (nSPS) is 19.4. The van der Waals surface area contributed by atoms with Crippen LogP contribution in [0.25, 0.3) is 22.0 Å². The fourth-order valence-electron chi connectivity index (χ4n) is 4.53. The minimum Gasteiger partial charge on any atom is -0.386 e. The molecule has 2 aromatic heterocycles. The fourth-order valence-corrected chi connectivity index (χ4v) is 4.53. The second-order valence-electron chi connectivity index (χ2n) is 9.28. The van der Waals surface area contributed by atoms with Crippen LogP contribution in [0.4, 0.5) is 13.2 Å². The summed E-state index contributed by atoms with van der Waals surface area (Å²) >= 11 is 0. The second kappa shape index (κ2) is 8.50. The molecule has 1 aliphatic rings. The van der Waals surface area contributed by atoms with Crippen LogP contribution < -0.4 is 5.73 Å². The van der Waals surface area contributed by atoms with Gasteiger partial charge in [0.05, 0.1) is 17.2 Å². The molecular weight excluding hydrogens is 449 g/mol. The Balaban J connectivity index is 1.85. The Kier molecular flexibility index (Phi) is 5.97. The number of nitrogens with two attached hydrogens (primary N) is 1. The second-order valence-corrected chi connectivity index (χ2v) is 9.28. The molecular formula is C24H25F3N4O3. The number of carbonyl (C=O) groups excluding carboxylic acids is 2. The number of fused-ring (bicyclic) bond motifs is 1. The number of pyridine rings is 1. The summed E-state index contributed by atoms with van der Waals surface area (Å²) in [6.07, 6.45) is 1.25. The van der Waals surface area contributed by atoms with Gasteiger partial charge in [0.1, 0.15) is 17.7 Å². The lowest BCUT2D eigenvalue weighted by molar-refractivity contribution is -0.141. The molecule has 1 aromatic carbocycles. The number of halogens is 3. The van der Waals surface area contributed by atoms with E-state index in [4.69, 9.17) is 5.73 Å². The molecule has 0 spiro atoms. The van der Waals surface area contributed by atoms with E-state index in [0.29, 0.717) is 22.0 Å². The highest BCUT2D eigenvalue weighted by molar-refractivity contribution is 6.00. The van der Waals surface area contributed by atoms with Gasteiger partial charge in [0.25, 0.3) is 5.91 Å². The van der Waals surface area contributed by atoms with Crippen molar-refractivity contribution in [1.29, 1.82) is 0 Å². The monoisotopic (exact) mass is 474 g/mol. The zero-order valence-corrected chi connectivity index (χ0v) is 18.8. The van der Waals surface area contributed by atoms with E-state index in [-0.39, 0.29) is 17.5 Å². The molecule has 3 N–H and O–H groups in total. The molecule has 1 fully saturated rings. The topological polar surface area (TPSA) is 111 Å². The molecule has 1 amide bonds. The quantitative estimate of drug-likeness (QED) is 0.534. The average Bonchev–Trinajstić information content (AvgIpc) is 3.20. The van der Waals surface area contributed by atoms with Gasteiger partial charge in [-0.15, -0.1) is 0 Å². The Morgan fingerprint density at radius 1 is 1.15 bits per heavy atom. The van der Waals surface area contributed by atoms with Crippen molar-refractivity contribution in [2.24, 2.45) is 11.7 Å². The smallest absolute Gasteiger partial charge is 0.386 e. The summed E-state index contributed by atoms with van der Waals surface area (Å²) < 4.78 is 41.4. The predicted molar refractivity (Wildman–Crippen MR) is 119 cm³/mol. The highest BCUT2D eigenvalue weighted by Crippen LogP contribution is 2.39. The van der Waals surface area contributed by atoms with Crippen molar-refractivity contribution in [2.75, 3.05) is 0 Å². The van der Waals surface area contributed by atoms with E-state index in [2.05, 4.69) is 10.1 Å². The first-order valence-electron chi connectivity index (χ1n) is 11.0. The number of nitrogens with zero attached hydrogens (tertiary/aromatic N) is 3. The molecule has 0 bridgehead atoms. The summed E-state index contributed by atoms with van der Waals surface area (Å²) in [5.74, 6) is -1.04. The van der Waals surface area contributed by atoms with E-state index in [9.17, 15) is 27.9 Å². The van der Waals surface area contributed by atoms with Crippen molar-refractivity contribution in [3.63, 3.8) is 0 Å². The molecule has 0 aliphatic heterocycles. The van der Waals surface area contributed by atoms with Gasteiger partial charge in [-0.05, 0) is 74.9 Å². The minimum absolute atomic E-state index is 0.0639. The third-order valence-electron chi connectivity index (χ3n) is 6.34. The van der Waals surface area contributed by atoms with Crippen LogP contribution in [0, 0.1) is 5.92 Å². The van der Waals surface area contributed by atoms with Gasteiger partial charge in [0, 0.05) is 23.1 Å². The zero-order valence-electron chi connectivity index (χ0n) is 18.8. The lowest BCUT2D eigenvalue weighted by Gasteiger charge is -2.25. The molecule has 7 nitrogen and oxygen atoms in total. The van der Waals surface area contributed by atoms with Gasteiger partial charge < -0.3 is 15.6 Å². The van der Waals surface area contributed by atoms with Gasteiger partial charge in [-0.3, -0.25) is 9.48 Å². The SMILES string of the molecule is CC(C)(O)c1cc2nn(C3CCC(C=O)CC3)cc2cc1-c1ccc(C(F)(F)F)nc1C(N)=O. The van der Waals surface area contributed by atoms with Crippen LogP contribution in [0.5, 0.6) is 0 Å². The number of amides is 1. The Bertz CT molecular complexity index is 1250. The van der Waals surface area contributed by atoms with E-state index in [1.807, 2.05) is 10.9 Å². The maximum atomic E-state index is 13.2. The van der Waals surface area contributed by atoms with Gasteiger partial charge >= 0.3 is 6.18 Å². The summed E-state index contributed by atoms with van der Waals surface area (Å²) in [6.45, 7) is 3.08. The highest BCUT2D eigenvalue weighted by atomic mass is 19.4. The van der Waals surface area contributed by atoms with Gasteiger partial charge in [-0.25, -0.2) is 4.98 Å². The molecule has 4 rings (SSSR count). The van der Waals surface area contributed by atoms with Crippen molar-refractivity contribution < 1.29 is 27.9 Å². The van der Waals surface area contributed by atoms with Gasteiger partial charge in [-0.1, -0.05) is 0 Å². The van der Waals surface area contributed by atoms with E-state index < -0.39 is 29.1 Å². The fraction of sp³-hybridized carbons (Fsp3) is 0.417. The van der Waals surface area contributed by atoms with Crippen molar-refractivity contribution in [2.45, 2.75) is 57.3 Å². The predicted octanol–water partition coefficient (Wildman–Crippen LogP) is 4.37. The highest BCUT2D eigenvalue weighted by Gasteiger charge is 2.34. The number of rotatable bonds is 5. The van der Waals surface area contributed by atoms with Crippen LogP contribution in [0.1, 0.15) is 67.3 Å². The van der Waals surface area contributed by atoms with Crippen molar-refractivity contribution in [3.05, 3.63) is 47.4 Å². The van der Waals surface area contributed by atoms with Crippen LogP contribution in [0.3, 0.4) is 0 Å². The van der Waals surface area contributed by atoms with Gasteiger partial charge in [0.15, 0.2) is 0 Å². The first-order chi connectivity index (χ1) is 15.9. The number of hydrogen-bond acceptors (Lipinski definition) is 5. The molecule has 1 aliphatic carbocycles. The van der Waals surface area contributed by atoms with Crippen LogP contribution in [0.2, 0.25) is 0 Å². The summed E-state index contributed by atoms with van der Waals surface area (Å²) in [5, 5.41) is 16.2. The molecule has 3 aromatic rings. The number of primary amides is 1. The number of aliphatic hydroxyl groups is 1. The molecule has 0 atom stereocenters. The Morgan fingerprint density at radius 3 is 2.38 bits per heavy atom. The Morgan fingerprint density at radius 2 is 1.82 bits per heavy atom. The standard InChI is InChI=1S/C24H25F3N4O3/c1-23(2,34)18-10-19-14(11-31(30-19)15-5-3-13(12-32)4-6-15)9-17(18)16-7-8-20(24(25,26)27)29-21(16)22(28)33/h7-13,15,34H,3-6H2,1-2H3,(H2,28,33). The number of aromatic nitrogens is 3. The lowest BCUT2D eigenvalue weighted by atomic mass is 9.87. The van der Waals surface area contributed by atoms with E-state index in [0.717, 1.165) is 44.1 Å². The number of benzene rings is 1. The number of alkyl halides is 3. The van der Waals surface area contributed by atoms with Crippen LogP contribution in [-0.4, -0.2) is 32.1 Å². The summed E-state index contributed by atoms with van der Waals surface area (Å²) in [6, 6.07) is 5.40. The van der Waals surface area contributed by atoms with Crippen LogP contribution in [0.15, 0.2) is 30.5 Å². The first-order valence-corrected chi connectivity index (χ1v) is 11.0. The Hall–Kier alpha value is -3.27. The van der Waals surface area contributed by atoms with Crippen LogP contribution in [-0.2, 0) is 16.6 Å². The maximum absolute atomic E-state index is 13.2. The van der Waals surface area contributed by atoms with Crippen molar-refractivity contribution >= 4 is 23.1 Å². The average molecular weight is 474 g/mol. The maximum Gasteiger partial charge on any atom is 0.433 e. The third-order valence-corrected chi connectivity index (χ3v) is 6.34. The molecule has 0 radical (unpaired) electrons. The lowest BCUT2D eigenvalue weighted by Crippen LogP contribution is -2.21. The summed E-state index contributed by atoms with van der Waals surface area (Å²) in [5.41, 5.74) is 3.65. The summed E-state index contributed by atoms with van der Waals surface area (Å²) in [4.78, 5) is 26.6. The van der Waals surface area contributed by atoms with E-state index in [1.165, 1.54) is 13.8 Å². The van der Waals surface area contributed by atoms with Crippen molar-refractivity contribution in [1.82, 2.24) is 14.8 Å². The minimum atomic E-state index is -4.74. The number of carbonyl (C=O) groups is 2. The van der Waals surface area contributed by atoms with Crippen molar-refractivity contribution in [3.8, 4) is 11.1 Å². The third kappa shape index (κ3) is 4.54.